The van der Waals surface area contributed by atoms with Crippen LogP contribution >= 0.6 is 12.8 Å². The van der Waals surface area contributed by atoms with E-state index in [9.17, 15) is 22.8 Å². The van der Waals surface area contributed by atoms with Crippen molar-refractivity contribution in [3.05, 3.63) is 59.2 Å². The van der Waals surface area contributed by atoms with Crippen molar-refractivity contribution in [2.75, 3.05) is 30.3 Å². The van der Waals surface area contributed by atoms with Gasteiger partial charge in [-0.3, -0.25) is 4.79 Å². The van der Waals surface area contributed by atoms with E-state index in [-0.39, 0.29) is 11.3 Å². The van der Waals surface area contributed by atoms with Gasteiger partial charge in [-0.1, -0.05) is 12.8 Å². The van der Waals surface area contributed by atoms with Gasteiger partial charge in [0.15, 0.2) is 0 Å². The Labute approximate surface area is 178 Å². The number of nitrogens with zero attached hydrogens (tertiary/aromatic N) is 2. The summed E-state index contributed by atoms with van der Waals surface area (Å²) in [5.41, 5.74) is 5.39. The summed E-state index contributed by atoms with van der Waals surface area (Å²) in [7, 11) is 3.77. The molecule has 0 fully saturated rings. The average Bonchev–Trinajstić information content (AvgIpc) is 2.66. The van der Waals surface area contributed by atoms with E-state index in [1.54, 1.807) is 0 Å². The number of primary amides is 1. The molecule has 0 aromatic heterocycles. The van der Waals surface area contributed by atoms with Crippen molar-refractivity contribution in [2.24, 2.45) is 5.73 Å². The van der Waals surface area contributed by atoms with Crippen LogP contribution in [-0.2, 0) is 12.6 Å². The number of thiol groups is 1. The van der Waals surface area contributed by atoms with Crippen molar-refractivity contribution in [3.8, 4) is 0 Å². The van der Waals surface area contributed by atoms with E-state index in [2.05, 4.69) is 18.1 Å². The lowest BCUT2D eigenvalue weighted by atomic mass is 10.0. The maximum absolute atomic E-state index is 13.3. The molecular formula is C20H23F3N4O2S. The summed E-state index contributed by atoms with van der Waals surface area (Å²) in [5.74, 6) is -0.623. The molecule has 0 saturated carbocycles. The molecule has 0 aliphatic carbocycles. The van der Waals surface area contributed by atoms with E-state index in [1.807, 2.05) is 19.0 Å². The first-order valence-electron chi connectivity index (χ1n) is 9.03. The van der Waals surface area contributed by atoms with E-state index >= 15 is 0 Å². The van der Waals surface area contributed by atoms with Crippen LogP contribution in [-0.4, -0.2) is 37.5 Å². The number of urea groups is 1. The second-order valence-corrected chi connectivity index (χ2v) is 7.38. The normalized spacial score (nSPS) is 11.4. The molecule has 2 aromatic rings. The number of amides is 3. The van der Waals surface area contributed by atoms with Crippen molar-refractivity contribution >= 4 is 36.1 Å². The molecule has 2 rings (SSSR count). The fourth-order valence-corrected chi connectivity index (χ4v) is 2.92. The zero-order valence-corrected chi connectivity index (χ0v) is 17.4. The van der Waals surface area contributed by atoms with Crippen molar-refractivity contribution < 1.29 is 22.8 Å². The number of hydrogen-bond donors (Lipinski definition) is 3. The topological polar surface area (TPSA) is 78.7 Å². The van der Waals surface area contributed by atoms with Gasteiger partial charge in [0, 0.05) is 11.3 Å². The second-order valence-electron chi connectivity index (χ2n) is 6.98. The number of nitrogens with two attached hydrogens (primary N) is 1. The molecule has 0 saturated heterocycles. The van der Waals surface area contributed by atoms with Gasteiger partial charge in [-0.2, -0.15) is 13.2 Å². The van der Waals surface area contributed by atoms with Gasteiger partial charge in [-0.05, 0) is 81.5 Å². The quantitative estimate of drug-likeness (QED) is 0.565. The molecule has 0 spiro atoms. The van der Waals surface area contributed by atoms with Gasteiger partial charge in [0.2, 0.25) is 5.91 Å². The van der Waals surface area contributed by atoms with Gasteiger partial charge in [-0.15, -0.1) is 0 Å². The largest absolute Gasteiger partial charge is 0.416 e. The number of carbonyl (C=O) groups is 2. The number of hydrogen-bond acceptors (Lipinski definition) is 4. The van der Waals surface area contributed by atoms with Crippen LogP contribution < -0.4 is 15.4 Å². The molecule has 3 N–H and O–H groups in total. The fourth-order valence-electron chi connectivity index (χ4n) is 2.73. The highest BCUT2D eigenvalue weighted by Gasteiger charge is 2.31. The van der Waals surface area contributed by atoms with Crippen LogP contribution in [0.25, 0.3) is 0 Å². The SMILES string of the molecule is CN(C)CCCc1cc(NC(=O)N(S)c2ccc(C(N)=O)cc2)cc(C(F)(F)F)c1. The molecule has 162 valence electrons. The van der Waals surface area contributed by atoms with Crippen LogP contribution in [0.3, 0.4) is 0 Å². The zero-order chi connectivity index (χ0) is 22.5. The number of alkyl halides is 3. The second kappa shape index (κ2) is 9.86. The Balaban J connectivity index is 2.20. The number of nitrogens with one attached hydrogen (secondary N) is 1. The monoisotopic (exact) mass is 440 g/mol. The molecule has 0 atom stereocenters. The zero-order valence-electron chi connectivity index (χ0n) is 16.5. The lowest BCUT2D eigenvalue weighted by molar-refractivity contribution is -0.137. The van der Waals surface area contributed by atoms with Gasteiger partial charge in [-0.25, -0.2) is 9.10 Å². The lowest BCUT2D eigenvalue weighted by Crippen LogP contribution is -2.27. The maximum Gasteiger partial charge on any atom is 0.416 e. The van der Waals surface area contributed by atoms with E-state index in [0.717, 1.165) is 23.0 Å². The number of anilines is 2. The molecule has 0 radical (unpaired) electrons. The number of halogens is 3. The average molecular weight is 440 g/mol. The van der Waals surface area contributed by atoms with E-state index in [1.165, 1.54) is 30.3 Å². The standard InChI is InChI=1S/C20H23F3N4O2S/c1-26(2)9-3-4-13-10-15(20(21,22)23)12-16(11-13)25-19(29)27(30)17-7-5-14(6-8-17)18(24)28/h5-8,10-12,30H,3-4,9H2,1-2H3,(H2,24,28)(H,25,29). The molecule has 0 aliphatic heterocycles. The third-order valence-electron chi connectivity index (χ3n) is 4.23. The highest BCUT2D eigenvalue weighted by atomic mass is 32.1. The third-order valence-corrected chi connectivity index (χ3v) is 4.64. The Morgan fingerprint density at radius 3 is 2.27 bits per heavy atom. The first kappa shape index (κ1) is 23.6. The Hall–Kier alpha value is -2.72. The van der Waals surface area contributed by atoms with Gasteiger partial charge < -0.3 is 16.0 Å². The molecule has 0 aliphatic rings. The van der Waals surface area contributed by atoms with Gasteiger partial charge in [0.1, 0.15) is 0 Å². The highest BCUT2D eigenvalue weighted by molar-refractivity contribution is 7.82. The van der Waals surface area contributed by atoms with Gasteiger partial charge in [0.05, 0.1) is 11.3 Å². The minimum atomic E-state index is -4.54. The van der Waals surface area contributed by atoms with E-state index < -0.39 is 23.7 Å². The Morgan fingerprint density at radius 2 is 1.73 bits per heavy atom. The predicted octanol–water partition coefficient (Wildman–Crippen LogP) is 4.18. The van der Waals surface area contributed by atoms with Crippen molar-refractivity contribution in [1.82, 2.24) is 4.90 Å². The summed E-state index contributed by atoms with van der Waals surface area (Å²) in [5, 5.41) is 2.44. The molecular weight excluding hydrogens is 417 g/mol. The first-order valence-corrected chi connectivity index (χ1v) is 9.43. The number of aryl methyl sites for hydroxylation is 1. The number of benzene rings is 2. The number of rotatable bonds is 7. The highest BCUT2D eigenvalue weighted by Crippen LogP contribution is 2.32. The summed E-state index contributed by atoms with van der Waals surface area (Å²) in [6.07, 6.45) is -3.43. The molecule has 30 heavy (non-hydrogen) atoms. The smallest absolute Gasteiger partial charge is 0.366 e. The maximum atomic E-state index is 13.3. The first-order chi connectivity index (χ1) is 14.0. The fraction of sp³-hybridized carbons (Fsp3) is 0.300. The number of carbonyl (C=O) groups excluding carboxylic acids is 2. The molecule has 0 bridgehead atoms. The van der Waals surface area contributed by atoms with Crippen LogP contribution in [0.5, 0.6) is 0 Å². The van der Waals surface area contributed by atoms with Crippen LogP contribution in [0.2, 0.25) is 0 Å². The summed E-state index contributed by atoms with van der Waals surface area (Å²) < 4.78 is 40.8. The Morgan fingerprint density at radius 1 is 1.10 bits per heavy atom. The molecule has 3 amide bonds. The van der Waals surface area contributed by atoms with Crippen molar-refractivity contribution in [1.29, 1.82) is 0 Å². The summed E-state index contributed by atoms with van der Waals surface area (Å²) in [4.78, 5) is 25.5. The molecule has 10 heteroatoms. The van der Waals surface area contributed by atoms with E-state index in [0.29, 0.717) is 24.1 Å². The third kappa shape index (κ3) is 6.67. The lowest BCUT2D eigenvalue weighted by Gasteiger charge is -2.18. The molecule has 6 nitrogen and oxygen atoms in total. The van der Waals surface area contributed by atoms with Crippen LogP contribution in [0.15, 0.2) is 42.5 Å². The molecule has 0 heterocycles. The molecule has 0 unspecified atom stereocenters. The summed E-state index contributed by atoms with van der Waals surface area (Å²) in [6, 6.07) is 8.47. The molecule has 2 aromatic carbocycles. The van der Waals surface area contributed by atoms with Gasteiger partial charge in [0.25, 0.3) is 0 Å². The minimum absolute atomic E-state index is 0.0162. The van der Waals surface area contributed by atoms with Crippen molar-refractivity contribution in [3.63, 3.8) is 0 Å². The summed E-state index contributed by atoms with van der Waals surface area (Å²) >= 11 is 4.10. The Bertz CT molecular complexity index is 902. The predicted molar refractivity (Wildman–Crippen MR) is 114 cm³/mol. The van der Waals surface area contributed by atoms with Crippen LogP contribution in [0, 0.1) is 0 Å². The van der Waals surface area contributed by atoms with Crippen LogP contribution in [0.1, 0.15) is 27.9 Å². The van der Waals surface area contributed by atoms with Crippen molar-refractivity contribution in [2.45, 2.75) is 19.0 Å². The Kier molecular flexibility index (Phi) is 7.74. The van der Waals surface area contributed by atoms with Crippen LogP contribution in [0.4, 0.5) is 29.3 Å². The van der Waals surface area contributed by atoms with Gasteiger partial charge >= 0.3 is 12.2 Å². The summed E-state index contributed by atoms with van der Waals surface area (Å²) in [6.45, 7) is 0.726. The minimum Gasteiger partial charge on any atom is -0.366 e. The van der Waals surface area contributed by atoms with E-state index in [4.69, 9.17) is 5.73 Å².